The first-order chi connectivity index (χ1) is 9.18. The second-order valence-corrected chi connectivity index (χ2v) is 4.99. The normalized spacial score (nSPS) is 10.9. The smallest absolute Gasteiger partial charge is 0.225 e. The third-order valence-electron chi connectivity index (χ3n) is 2.79. The number of hydrogen-bond donors (Lipinski definition) is 0. The Morgan fingerprint density at radius 2 is 1.95 bits per heavy atom. The van der Waals surface area contributed by atoms with Crippen molar-refractivity contribution in [2.75, 3.05) is 6.61 Å². The maximum absolute atomic E-state index is 6.03. The average molecular weight is 280 g/mol. The third-order valence-corrected chi connectivity index (χ3v) is 3.07. The molecule has 4 nitrogen and oxygen atoms in total. The standard InChI is InChI=1S/C14H18ClN3O/c1-11(2)13-16-17-14(15)18(13)9-6-10-19-12-7-4-3-5-8-12/h3-5,7-8,11H,6,9-10H2,1-2H3. The summed E-state index contributed by atoms with van der Waals surface area (Å²) >= 11 is 6.03. The fourth-order valence-corrected chi connectivity index (χ4v) is 2.07. The van der Waals surface area contributed by atoms with Crippen molar-refractivity contribution < 1.29 is 4.74 Å². The van der Waals surface area contributed by atoms with Crippen molar-refractivity contribution in [1.82, 2.24) is 14.8 Å². The van der Waals surface area contributed by atoms with Crippen molar-refractivity contribution >= 4 is 11.6 Å². The van der Waals surface area contributed by atoms with Crippen molar-refractivity contribution in [3.8, 4) is 5.75 Å². The summed E-state index contributed by atoms with van der Waals surface area (Å²) in [5, 5.41) is 8.45. The minimum absolute atomic E-state index is 0.315. The van der Waals surface area contributed by atoms with E-state index in [1.54, 1.807) is 0 Å². The number of para-hydroxylation sites is 1. The molecule has 0 N–H and O–H groups in total. The van der Waals surface area contributed by atoms with E-state index in [1.807, 2.05) is 34.9 Å². The van der Waals surface area contributed by atoms with E-state index in [1.165, 1.54) is 0 Å². The Bertz CT molecular complexity index is 511. The first kappa shape index (κ1) is 13.9. The van der Waals surface area contributed by atoms with E-state index in [2.05, 4.69) is 24.0 Å². The fraction of sp³-hybridized carbons (Fsp3) is 0.429. The Morgan fingerprint density at radius 3 is 2.63 bits per heavy atom. The van der Waals surface area contributed by atoms with Crippen LogP contribution in [0.15, 0.2) is 30.3 Å². The molecule has 1 aromatic heterocycles. The van der Waals surface area contributed by atoms with Gasteiger partial charge in [0.25, 0.3) is 0 Å². The Labute approximate surface area is 118 Å². The largest absolute Gasteiger partial charge is 0.494 e. The van der Waals surface area contributed by atoms with Crippen LogP contribution in [0.25, 0.3) is 0 Å². The molecular formula is C14H18ClN3O. The van der Waals surface area contributed by atoms with Crippen molar-refractivity contribution in [2.24, 2.45) is 0 Å². The highest BCUT2D eigenvalue weighted by atomic mass is 35.5. The van der Waals surface area contributed by atoms with Gasteiger partial charge in [0, 0.05) is 12.5 Å². The molecule has 0 saturated carbocycles. The minimum Gasteiger partial charge on any atom is -0.494 e. The lowest BCUT2D eigenvalue weighted by atomic mass is 10.2. The molecule has 5 heteroatoms. The highest BCUT2D eigenvalue weighted by molar-refractivity contribution is 6.28. The van der Waals surface area contributed by atoms with E-state index in [4.69, 9.17) is 16.3 Å². The molecular weight excluding hydrogens is 262 g/mol. The molecule has 0 unspecified atom stereocenters. The predicted molar refractivity (Wildman–Crippen MR) is 75.7 cm³/mol. The molecule has 19 heavy (non-hydrogen) atoms. The summed E-state index contributed by atoms with van der Waals surface area (Å²) < 4.78 is 7.59. The second kappa shape index (κ2) is 6.57. The van der Waals surface area contributed by atoms with Crippen LogP contribution in [0.4, 0.5) is 0 Å². The number of ether oxygens (including phenoxy) is 1. The SMILES string of the molecule is CC(C)c1nnc(Cl)n1CCCOc1ccccc1. The monoisotopic (exact) mass is 279 g/mol. The summed E-state index contributed by atoms with van der Waals surface area (Å²) in [4.78, 5) is 0. The molecule has 0 bridgehead atoms. The van der Waals surface area contributed by atoms with Gasteiger partial charge in [0.05, 0.1) is 6.61 Å². The van der Waals surface area contributed by atoms with Gasteiger partial charge in [-0.3, -0.25) is 0 Å². The molecule has 2 aromatic rings. The van der Waals surface area contributed by atoms with Crippen LogP contribution < -0.4 is 4.74 Å². The summed E-state index contributed by atoms with van der Waals surface area (Å²) in [7, 11) is 0. The molecule has 0 amide bonds. The second-order valence-electron chi connectivity index (χ2n) is 4.65. The van der Waals surface area contributed by atoms with Crippen LogP contribution in [0.3, 0.4) is 0 Å². The Hall–Kier alpha value is -1.55. The number of aromatic nitrogens is 3. The molecule has 1 aromatic carbocycles. The van der Waals surface area contributed by atoms with E-state index < -0.39 is 0 Å². The van der Waals surface area contributed by atoms with Crippen LogP contribution >= 0.6 is 11.6 Å². The van der Waals surface area contributed by atoms with Crippen LogP contribution in [-0.4, -0.2) is 21.4 Å². The maximum atomic E-state index is 6.03. The quantitative estimate of drug-likeness (QED) is 0.760. The molecule has 1 heterocycles. The van der Waals surface area contributed by atoms with Crippen LogP contribution in [0.2, 0.25) is 5.28 Å². The highest BCUT2D eigenvalue weighted by Crippen LogP contribution is 2.17. The Morgan fingerprint density at radius 1 is 1.21 bits per heavy atom. The van der Waals surface area contributed by atoms with Gasteiger partial charge in [-0.1, -0.05) is 32.0 Å². The lowest BCUT2D eigenvalue weighted by Crippen LogP contribution is -2.09. The van der Waals surface area contributed by atoms with E-state index in [-0.39, 0.29) is 0 Å². The van der Waals surface area contributed by atoms with Crippen LogP contribution in [0.1, 0.15) is 32.0 Å². The molecule has 0 radical (unpaired) electrons. The van der Waals surface area contributed by atoms with Gasteiger partial charge >= 0.3 is 0 Å². The molecule has 0 atom stereocenters. The topological polar surface area (TPSA) is 39.9 Å². The summed E-state index contributed by atoms with van der Waals surface area (Å²) in [5.74, 6) is 2.13. The molecule has 0 aliphatic heterocycles. The summed E-state index contributed by atoms with van der Waals surface area (Å²) in [5.41, 5.74) is 0. The van der Waals surface area contributed by atoms with Crippen molar-refractivity contribution in [1.29, 1.82) is 0 Å². The lowest BCUT2D eigenvalue weighted by molar-refractivity contribution is 0.300. The van der Waals surface area contributed by atoms with Gasteiger partial charge in [0.15, 0.2) is 0 Å². The summed E-state index contributed by atoms with van der Waals surface area (Å²) in [6.45, 7) is 5.58. The fourth-order valence-electron chi connectivity index (χ4n) is 1.86. The van der Waals surface area contributed by atoms with Gasteiger partial charge in [-0.05, 0) is 30.2 Å². The molecule has 2 rings (SSSR count). The van der Waals surface area contributed by atoms with Crippen molar-refractivity contribution in [2.45, 2.75) is 32.7 Å². The molecule has 0 aliphatic rings. The van der Waals surface area contributed by atoms with Crippen molar-refractivity contribution in [3.05, 3.63) is 41.4 Å². The number of benzene rings is 1. The lowest BCUT2D eigenvalue weighted by Gasteiger charge is -2.10. The van der Waals surface area contributed by atoms with Gasteiger partial charge in [-0.2, -0.15) is 0 Å². The summed E-state index contributed by atoms with van der Waals surface area (Å²) in [6, 6.07) is 9.79. The van der Waals surface area contributed by atoms with Crippen LogP contribution in [-0.2, 0) is 6.54 Å². The first-order valence-corrected chi connectivity index (χ1v) is 6.82. The van der Waals surface area contributed by atoms with Gasteiger partial charge in [-0.15, -0.1) is 10.2 Å². The number of rotatable bonds is 6. The average Bonchev–Trinajstić information content (AvgIpc) is 2.77. The highest BCUT2D eigenvalue weighted by Gasteiger charge is 2.12. The van der Waals surface area contributed by atoms with Crippen LogP contribution in [0.5, 0.6) is 5.75 Å². The van der Waals surface area contributed by atoms with Crippen molar-refractivity contribution in [3.63, 3.8) is 0 Å². The third kappa shape index (κ3) is 3.70. The maximum Gasteiger partial charge on any atom is 0.225 e. The molecule has 102 valence electrons. The molecule has 0 saturated heterocycles. The number of hydrogen-bond acceptors (Lipinski definition) is 3. The summed E-state index contributed by atoms with van der Waals surface area (Å²) in [6.07, 6.45) is 0.867. The van der Waals surface area contributed by atoms with Gasteiger partial charge < -0.3 is 9.30 Å². The molecule has 0 fully saturated rings. The van der Waals surface area contributed by atoms with E-state index in [0.29, 0.717) is 17.8 Å². The Kier molecular flexibility index (Phi) is 4.80. The zero-order chi connectivity index (χ0) is 13.7. The first-order valence-electron chi connectivity index (χ1n) is 6.45. The molecule has 0 spiro atoms. The van der Waals surface area contributed by atoms with Gasteiger partial charge in [0.1, 0.15) is 11.6 Å². The predicted octanol–water partition coefficient (Wildman–Crippen LogP) is 3.52. The van der Waals surface area contributed by atoms with Gasteiger partial charge in [0.2, 0.25) is 5.28 Å². The minimum atomic E-state index is 0.315. The van der Waals surface area contributed by atoms with Gasteiger partial charge in [-0.25, -0.2) is 0 Å². The zero-order valence-electron chi connectivity index (χ0n) is 11.2. The van der Waals surface area contributed by atoms with Crippen LogP contribution in [0, 0.1) is 0 Å². The Balaban J connectivity index is 1.84. The van der Waals surface area contributed by atoms with E-state index in [0.717, 1.165) is 24.5 Å². The zero-order valence-corrected chi connectivity index (χ0v) is 12.0. The molecule has 0 aliphatic carbocycles. The number of nitrogens with zero attached hydrogens (tertiary/aromatic N) is 3. The van der Waals surface area contributed by atoms with E-state index in [9.17, 15) is 0 Å². The number of halogens is 1. The van der Waals surface area contributed by atoms with E-state index >= 15 is 0 Å².